The Kier molecular flexibility index (Phi) is 3.82. The second-order valence-electron chi connectivity index (χ2n) is 5.80. The van der Waals surface area contributed by atoms with Gasteiger partial charge >= 0.3 is 5.97 Å². The van der Waals surface area contributed by atoms with E-state index < -0.39 is 5.97 Å². The van der Waals surface area contributed by atoms with Crippen molar-refractivity contribution in [2.45, 2.75) is 33.6 Å². The smallest absolute Gasteiger partial charge is 0.383 e. The Morgan fingerprint density at radius 1 is 1.22 bits per heavy atom. The van der Waals surface area contributed by atoms with Gasteiger partial charge in [0.15, 0.2) is 0 Å². The van der Waals surface area contributed by atoms with Crippen LogP contribution in [-0.4, -0.2) is 25.6 Å². The van der Waals surface area contributed by atoms with Crippen molar-refractivity contribution in [2.24, 2.45) is 0 Å². The first-order valence-corrected chi connectivity index (χ1v) is 7.47. The summed E-state index contributed by atoms with van der Waals surface area (Å²) < 4.78 is 6.90. The molecule has 6 nitrogen and oxygen atoms in total. The quantitative estimate of drug-likeness (QED) is 0.549. The average Bonchev–Trinajstić information content (AvgIpc) is 2.92. The maximum atomic E-state index is 12.2. The van der Waals surface area contributed by atoms with Gasteiger partial charge in [0.2, 0.25) is 0 Å². The zero-order valence-electron chi connectivity index (χ0n) is 13.6. The molecule has 2 aromatic heterocycles. The molecule has 0 bridgehead atoms. The molecule has 0 unspecified atom stereocenters. The number of ether oxygens (including phenoxy) is 1. The fraction of sp³-hybridized carbons (Fsp3) is 0.294. The molecule has 0 aliphatic heterocycles. The van der Waals surface area contributed by atoms with Crippen LogP contribution in [-0.2, 0) is 0 Å². The molecule has 2 heterocycles. The number of esters is 1. The van der Waals surface area contributed by atoms with E-state index >= 15 is 0 Å². The second-order valence-corrected chi connectivity index (χ2v) is 5.80. The Morgan fingerprint density at radius 3 is 2.65 bits per heavy atom. The van der Waals surface area contributed by atoms with Crippen molar-refractivity contribution in [1.82, 2.24) is 19.6 Å². The first-order chi connectivity index (χ1) is 11.0. The van der Waals surface area contributed by atoms with E-state index in [4.69, 9.17) is 4.74 Å². The van der Waals surface area contributed by atoms with Crippen LogP contribution in [0.15, 0.2) is 30.5 Å². The number of aromatic nitrogens is 4. The fourth-order valence-corrected chi connectivity index (χ4v) is 2.51. The maximum Gasteiger partial charge on any atom is 0.383 e. The van der Waals surface area contributed by atoms with Crippen LogP contribution in [0.25, 0.3) is 5.78 Å². The molecule has 3 aromatic rings. The third-order valence-electron chi connectivity index (χ3n) is 3.69. The minimum absolute atomic E-state index is 0.00242. The Hall–Kier alpha value is -2.76. The zero-order valence-corrected chi connectivity index (χ0v) is 13.6. The molecule has 0 fully saturated rings. The van der Waals surface area contributed by atoms with Crippen LogP contribution in [0, 0.1) is 13.8 Å². The van der Waals surface area contributed by atoms with Crippen LogP contribution in [0.1, 0.15) is 47.2 Å². The molecule has 0 aliphatic rings. The van der Waals surface area contributed by atoms with Crippen LogP contribution in [0.4, 0.5) is 0 Å². The molecule has 0 saturated heterocycles. The SMILES string of the molecule is Cc1cc(OC(=O)c2nc3nccc(C)n3n2)ccc1C(C)C. The largest absolute Gasteiger partial charge is 0.421 e. The molecule has 23 heavy (non-hydrogen) atoms. The Balaban J connectivity index is 1.86. The molecule has 1 aromatic carbocycles. The Labute approximate surface area is 134 Å². The molecule has 118 valence electrons. The van der Waals surface area contributed by atoms with E-state index in [9.17, 15) is 4.79 Å². The number of carbonyl (C=O) groups excluding carboxylic acids is 1. The van der Waals surface area contributed by atoms with E-state index in [1.807, 2.05) is 26.0 Å². The van der Waals surface area contributed by atoms with Gasteiger partial charge in [-0.3, -0.25) is 0 Å². The zero-order chi connectivity index (χ0) is 16.6. The number of benzene rings is 1. The van der Waals surface area contributed by atoms with Crippen molar-refractivity contribution in [3.05, 3.63) is 53.1 Å². The summed E-state index contributed by atoms with van der Waals surface area (Å²) in [5.74, 6) is 0.696. The van der Waals surface area contributed by atoms with Crippen LogP contribution >= 0.6 is 0 Å². The van der Waals surface area contributed by atoms with Crippen LogP contribution in [0.2, 0.25) is 0 Å². The fourth-order valence-electron chi connectivity index (χ4n) is 2.51. The van der Waals surface area contributed by atoms with Crippen molar-refractivity contribution in [2.75, 3.05) is 0 Å². The lowest BCUT2D eigenvalue weighted by Crippen LogP contribution is -2.11. The number of nitrogens with zero attached hydrogens (tertiary/aromatic N) is 4. The standard InChI is InChI=1S/C17H18N4O2/c1-10(2)14-6-5-13(9-11(14)3)23-16(22)15-19-17-18-8-7-12(4)21(17)20-15/h5-10H,1-4H3. The highest BCUT2D eigenvalue weighted by Gasteiger charge is 2.17. The number of rotatable bonds is 3. The monoisotopic (exact) mass is 310 g/mol. The predicted octanol–water partition coefficient (Wildman–Crippen LogP) is 3.08. The number of aryl methyl sites for hydroxylation is 2. The van der Waals surface area contributed by atoms with Gasteiger partial charge in [0, 0.05) is 11.9 Å². The summed E-state index contributed by atoms with van der Waals surface area (Å²) >= 11 is 0. The summed E-state index contributed by atoms with van der Waals surface area (Å²) in [5.41, 5.74) is 3.17. The van der Waals surface area contributed by atoms with E-state index in [0.29, 0.717) is 17.4 Å². The van der Waals surface area contributed by atoms with Crippen LogP contribution in [0.5, 0.6) is 5.75 Å². The van der Waals surface area contributed by atoms with Gasteiger partial charge in [-0.05, 0) is 49.1 Å². The lowest BCUT2D eigenvalue weighted by molar-refractivity contribution is 0.0722. The first kappa shape index (κ1) is 15.1. The molecule has 0 spiro atoms. The molecule has 6 heteroatoms. The second kappa shape index (κ2) is 5.79. The highest BCUT2D eigenvalue weighted by molar-refractivity contribution is 5.87. The lowest BCUT2D eigenvalue weighted by Gasteiger charge is -2.11. The molecular formula is C17H18N4O2. The molecule has 0 saturated carbocycles. The summed E-state index contributed by atoms with van der Waals surface area (Å²) in [5, 5.41) is 4.15. The normalized spacial score (nSPS) is 11.2. The van der Waals surface area contributed by atoms with E-state index in [2.05, 4.69) is 28.9 Å². The Bertz CT molecular complexity index is 883. The number of hydrogen-bond donors (Lipinski definition) is 0. The Morgan fingerprint density at radius 2 is 2.00 bits per heavy atom. The molecule has 0 atom stereocenters. The van der Waals surface area contributed by atoms with Gasteiger partial charge in [-0.1, -0.05) is 19.9 Å². The molecule has 0 amide bonds. The average molecular weight is 310 g/mol. The number of hydrogen-bond acceptors (Lipinski definition) is 5. The maximum absolute atomic E-state index is 12.2. The van der Waals surface area contributed by atoms with Gasteiger partial charge in [0.25, 0.3) is 11.6 Å². The summed E-state index contributed by atoms with van der Waals surface area (Å²) in [6.07, 6.45) is 1.63. The topological polar surface area (TPSA) is 69.4 Å². The summed E-state index contributed by atoms with van der Waals surface area (Å²) in [4.78, 5) is 20.4. The molecule has 3 rings (SSSR count). The van der Waals surface area contributed by atoms with Crippen molar-refractivity contribution < 1.29 is 9.53 Å². The van der Waals surface area contributed by atoms with E-state index in [-0.39, 0.29) is 5.82 Å². The molecule has 0 radical (unpaired) electrons. The molecule has 0 aliphatic carbocycles. The third-order valence-corrected chi connectivity index (χ3v) is 3.69. The number of fused-ring (bicyclic) bond motifs is 1. The minimum atomic E-state index is -0.591. The van der Waals surface area contributed by atoms with Gasteiger partial charge < -0.3 is 4.74 Å². The first-order valence-electron chi connectivity index (χ1n) is 7.47. The van der Waals surface area contributed by atoms with Gasteiger partial charge in [-0.2, -0.15) is 4.98 Å². The highest BCUT2D eigenvalue weighted by Crippen LogP contribution is 2.23. The minimum Gasteiger partial charge on any atom is -0.421 e. The molecule has 0 N–H and O–H groups in total. The van der Waals surface area contributed by atoms with Crippen molar-refractivity contribution in [3.63, 3.8) is 0 Å². The van der Waals surface area contributed by atoms with E-state index in [1.54, 1.807) is 18.3 Å². The van der Waals surface area contributed by atoms with Gasteiger partial charge in [0.05, 0.1) is 0 Å². The van der Waals surface area contributed by atoms with Crippen molar-refractivity contribution >= 4 is 11.7 Å². The van der Waals surface area contributed by atoms with Crippen molar-refractivity contribution in [1.29, 1.82) is 0 Å². The summed E-state index contributed by atoms with van der Waals surface area (Å²) in [7, 11) is 0. The van der Waals surface area contributed by atoms with Gasteiger partial charge in [-0.15, -0.1) is 5.10 Å². The van der Waals surface area contributed by atoms with Gasteiger partial charge in [0.1, 0.15) is 5.75 Å². The summed E-state index contributed by atoms with van der Waals surface area (Å²) in [6, 6.07) is 7.42. The van der Waals surface area contributed by atoms with Gasteiger partial charge in [-0.25, -0.2) is 14.3 Å². The molecular weight excluding hydrogens is 292 g/mol. The van der Waals surface area contributed by atoms with Crippen LogP contribution < -0.4 is 4.74 Å². The van der Waals surface area contributed by atoms with E-state index in [0.717, 1.165) is 11.3 Å². The number of carbonyl (C=O) groups is 1. The van der Waals surface area contributed by atoms with E-state index in [1.165, 1.54) is 10.1 Å². The van der Waals surface area contributed by atoms with Crippen molar-refractivity contribution in [3.8, 4) is 5.75 Å². The summed E-state index contributed by atoms with van der Waals surface area (Å²) in [6.45, 7) is 8.13. The lowest BCUT2D eigenvalue weighted by atomic mass is 9.98. The van der Waals surface area contributed by atoms with Crippen LogP contribution in [0.3, 0.4) is 0 Å². The predicted molar refractivity (Wildman–Crippen MR) is 85.7 cm³/mol. The third kappa shape index (κ3) is 2.92. The highest BCUT2D eigenvalue weighted by atomic mass is 16.5.